The smallest absolute Gasteiger partial charge is 0.150 e. The molecule has 0 saturated carbocycles. The molecule has 0 saturated heterocycles. The van der Waals surface area contributed by atoms with E-state index in [-0.39, 0.29) is 0 Å². The molecule has 0 atom stereocenters. The van der Waals surface area contributed by atoms with Gasteiger partial charge in [0.05, 0.1) is 0 Å². The molecule has 11 heavy (non-hydrogen) atoms. The average molecular weight is 152 g/mol. The molecule has 0 bridgehead atoms. The van der Waals surface area contributed by atoms with Crippen molar-refractivity contribution in [2.24, 2.45) is 12.8 Å². The summed E-state index contributed by atoms with van der Waals surface area (Å²) in [6, 6.07) is 0. The zero-order chi connectivity index (χ0) is 8.27. The van der Waals surface area contributed by atoms with Crippen LogP contribution in [-0.2, 0) is 7.05 Å². The number of rotatable bonds is 2. The molecule has 0 radical (unpaired) electrons. The third-order valence-corrected chi connectivity index (χ3v) is 1.44. The minimum atomic E-state index is 0.562. The predicted molar refractivity (Wildman–Crippen MR) is 43.7 cm³/mol. The molecule has 0 fully saturated rings. The Bertz CT molecular complexity index is 261. The van der Waals surface area contributed by atoms with Crippen LogP contribution >= 0.6 is 0 Å². The van der Waals surface area contributed by atoms with Gasteiger partial charge in [-0.15, -0.1) is 0 Å². The Morgan fingerprint density at radius 2 is 2.55 bits per heavy atom. The molecule has 1 heterocycles. The summed E-state index contributed by atoms with van der Waals surface area (Å²) in [5.41, 5.74) is 6.51. The van der Waals surface area contributed by atoms with Gasteiger partial charge in [0.2, 0.25) is 0 Å². The molecule has 4 heteroatoms. The molecule has 1 aromatic rings. The molecule has 0 aromatic carbocycles. The van der Waals surface area contributed by atoms with E-state index in [9.17, 15) is 0 Å². The lowest BCUT2D eigenvalue weighted by Gasteiger charge is -1.94. The summed E-state index contributed by atoms with van der Waals surface area (Å²) in [6.45, 7) is 2.53. The average Bonchev–Trinajstić information content (AvgIpc) is 2.37. The van der Waals surface area contributed by atoms with Gasteiger partial charge in [-0.1, -0.05) is 5.57 Å². The van der Waals surface area contributed by atoms with Crippen LogP contribution in [0.5, 0.6) is 0 Å². The molecule has 60 valence electrons. The van der Waals surface area contributed by atoms with Crippen molar-refractivity contribution in [3.8, 4) is 0 Å². The van der Waals surface area contributed by atoms with Crippen molar-refractivity contribution in [1.82, 2.24) is 14.8 Å². The van der Waals surface area contributed by atoms with Crippen LogP contribution in [0.4, 0.5) is 0 Å². The van der Waals surface area contributed by atoms with Crippen molar-refractivity contribution >= 4 is 6.08 Å². The van der Waals surface area contributed by atoms with Crippen LogP contribution in [0.25, 0.3) is 6.08 Å². The third-order valence-electron chi connectivity index (χ3n) is 1.44. The minimum Gasteiger partial charge on any atom is -0.327 e. The summed E-state index contributed by atoms with van der Waals surface area (Å²) in [7, 11) is 1.85. The molecule has 1 aromatic heterocycles. The maximum absolute atomic E-state index is 5.41. The quantitative estimate of drug-likeness (QED) is 0.657. The van der Waals surface area contributed by atoms with E-state index in [4.69, 9.17) is 5.73 Å². The van der Waals surface area contributed by atoms with Crippen LogP contribution in [0.1, 0.15) is 12.7 Å². The van der Waals surface area contributed by atoms with Crippen molar-refractivity contribution in [3.63, 3.8) is 0 Å². The topological polar surface area (TPSA) is 56.7 Å². The Kier molecular flexibility index (Phi) is 2.38. The Balaban J connectivity index is 2.86. The molecule has 0 spiro atoms. The number of nitrogens with zero attached hydrogens (tertiary/aromatic N) is 3. The van der Waals surface area contributed by atoms with Gasteiger partial charge in [-0.25, -0.2) is 9.67 Å². The Hall–Kier alpha value is -1.16. The van der Waals surface area contributed by atoms with Gasteiger partial charge >= 0.3 is 0 Å². The summed E-state index contributed by atoms with van der Waals surface area (Å²) < 4.78 is 1.71. The SMILES string of the molecule is CC(=Cc1ncnn1C)CN. The van der Waals surface area contributed by atoms with Crippen LogP contribution in [0.2, 0.25) is 0 Å². The van der Waals surface area contributed by atoms with Crippen molar-refractivity contribution < 1.29 is 0 Å². The van der Waals surface area contributed by atoms with Crippen LogP contribution in [0.3, 0.4) is 0 Å². The number of nitrogens with two attached hydrogens (primary N) is 1. The van der Waals surface area contributed by atoms with Gasteiger partial charge in [-0.05, 0) is 13.0 Å². The van der Waals surface area contributed by atoms with Crippen LogP contribution in [0.15, 0.2) is 11.9 Å². The normalized spacial score (nSPS) is 12.1. The van der Waals surface area contributed by atoms with Crippen molar-refractivity contribution in [2.75, 3.05) is 6.54 Å². The first kappa shape index (κ1) is 7.94. The van der Waals surface area contributed by atoms with E-state index >= 15 is 0 Å². The van der Waals surface area contributed by atoms with Crippen molar-refractivity contribution in [1.29, 1.82) is 0 Å². The van der Waals surface area contributed by atoms with Crippen LogP contribution in [-0.4, -0.2) is 21.3 Å². The number of hydrogen-bond donors (Lipinski definition) is 1. The first-order valence-electron chi connectivity index (χ1n) is 3.45. The zero-order valence-electron chi connectivity index (χ0n) is 6.78. The second-order valence-electron chi connectivity index (χ2n) is 2.44. The summed E-state index contributed by atoms with van der Waals surface area (Å²) in [5.74, 6) is 0.841. The third kappa shape index (κ3) is 1.88. The lowest BCUT2D eigenvalue weighted by Crippen LogP contribution is -2.01. The van der Waals surface area contributed by atoms with Gasteiger partial charge in [0.15, 0.2) is 0 Å². The monoisotopic (exact) mass is 152 g/mol. The van der Waals surface area contributed by atoms with Crippen molar-refractivity contribution in [3.05, 3.63) is 17.7 Å². The highest BCUT2D eigenvalue weighted by atomic mass is 15.3. The van der Waals surface area contributed by atoms with E-state index in [0.717, 1.165) is 11.4 Å². The molecule has 0 aliphatic carbocycles. The first-order chi connectivity index (χ1) is 5.24. The summed E-state index contributed by atoms with van der Waals surface area (Å²) in [4.78, 5) is 4.02. The minimum absolute atomic E-state index is 0.562. The molecular weight excluding hydrogens is 140 g/mol. The number of hydrogen-bond acceptors (Lipinski definition) is 3. The predicted octanol–water partition coefficient (Wildman–Crippen LogP) is 0.177. The summed E-state index contributed by atoms with van der Waals surface area (Å²) >= 11 is 0. The Morgan fingerprint density at radius 1 is 1.82 bits per heavy atom. The standard InChI is InChI=1S/C7H12N4/c1-6(4-8)3-7-9-5-10-11(7)2/h3,5H,4,8H2,1-2H3. The number of aromatic nitrogens is 3. The summed E-state index contributed by atoms with van der Waals surface area (Å²) in [6.07, 6.45) is 3.45. The van der Waals surface area contributed by atoms with E-state index in [1.54, 1.807) is 4.68 Å². The highest BCUT2D eigenvalue weighted by Crippen LogP contribution is 1.99. The van der Waals surface area contributed by atoms with Crippen LogP contribution < -0.4 is 5.73 Å². The van der Waals surface area contributed by atoms with Gasteiger partial charge in [-0.2, -0.15) is 5.10 Å². The highest BCUT2D eigenvalue weighted by molar-refractivity contribution is 5.44. The second kappa shape index (κ2) is 3.30. The fraction of sp³-hybridized carbons (Fsp3) is 0.429. The van der Waals surface area contributed by atoms with E-state index in [1.807, 2.05) is 20.0 Å². The molecular formula is C7H12N4. The van der Waals surface area contributed by atoms with Gasteiger partial charge < -0.3 is 5.73 Å². The molecule has 0 amide bonds. The molecule has 0 aliphatic rings. The van der Waals surface area contributed by atoms with E-state index in [0.29, 0.717) is 6.54 Å². The largest absolute Gasteiger partial charge is 0.327 e. The molecule has 0 unspecified atom stereocenters. The van der Waals surface area contributed by atoms with Gasteiger partial charge in [0, 0.05) is 13.6 Å². The Morgan fingerprint density at radius 3 is 3.00 bits per heavy atom. The maximum atomic E-state index is 5.41. The lowest BCUT2D eigenvalue weighted by atomic mass is 10.3. The first-order valence-corrected chi connectivity index (χ1v) is 3.45. The molecule has 1 rings (SSSR count). The lowest BCUT2D eigenvalue weighted by molar-refractivity contribution is 0.756. The van der Waals surface area contributed by atoms with E-state index in [2.05, 4.69) is 10.1 Å². The van der Waals surface area contributed by atoms with Gasteiger partial charge in [0.1, 0.15) is 12.2 Å². The van der Waals surface area contributed by atoms with Gasteiger partial charge in [0.25, 0.3) is 0 Å². The van der Waals surface area contributed by atoms with Crippen LogP contribution in [0, 0.1) is 0 Å². The molecule has 0 aliphatic heterocycles. The Labute approximate surface area is 65.7 Å². The maximum Gasteiger partial charge on any atom is 0.150 e. The molecule has 2 N–H and O–H groups in total. The van der Waals surface area contributed by atoms with Gasteiger partial charge in [-0.3, -0.25) is 0 Å². The van der Waals surface area contributed by atoms with Crippen molar-refractivity contribution in [2.45, 2.75) is 6.92 Å². The molecule has 4 nitrogen and oxygen atoms in total. The highest BCUT2D eigenvalue weighted by Gasteiger charge is 1.94. The fourth-order valence-electron chi connectivity index (χ4n) is 0.715. The fourth-order valence-corrected chi connectivity index (χ4v) is 0.715. The number of aryl methyl sites for hydroxylation is 1. The second-order valence-corrected chi connectivity index (χ2v) is 2.44. The summed E-state index contributed by atoms with van der Waals surface area (Å²) in [5, 5.41) is 3.92. The van der Waals surface area contributed by atoms with E-state index in [1.165, 1.54) is 6.33 Å². The van der Waals surface area contributed by atoms with E-state index < -0.39 is 0 Å². The zero-order valence-corrected chi connectivity index (χ0v) is 6.78.